The zero-order valence-corrected chi connectivity index (χ0v) is 10.6. The molecule has 1 amide bonds. The highest BCUT2D eigenvalue weighted by Crippen LogP contribution is 2.41. The molecule has 1 fully saturated rings. The smallest absolute Gasteiger partial charge is 0.234 e. The van der Waals surface area contributed by atoms with Gasteiger partial charge in [-0.05, 0) is 36.5 Å². The van der Waals surface area contributed by atoms with Crippen molar-refractivity contribution < 1.29 is 13.6 Å². The summed E-state index contributed by atoms with van der Waals surface area (Å²) in [6.07, 6.45) is 1.97. The summed E-state index contributed by atoms with van der Waals surface area (Å²) in [7, 11) is 0. The van der Waals surface area contributed by atoms with E-state index in [-0.39, 0.29) is 10.1 Å². The van der Waals surface area contributed by atoms with Crippen LogP contribution in [0.15, 0.2) is 12.1 Å². The van der Waals surface area contributed by atoms with Gasteiger partial charge in [0.15, 0.2) is 0 Å². The van der Waals surface area contributed by atoms with Crippen molar-refractivity contribution in [3.05, 3.63) is 29.3 Å². The van der Waals surface area contributed by atoms with E-state index < -0.39 is 17.5 Å². The summed E-state index contributed by atoms with van der Waals surface area (Å²) in [5.74, 6) is -1.50. The molecule has 0 spiro atoms. The summed E-state index contributed by atoms with van der Waals surface area (Å²) in [4.78, 5) is 11.1. The number of rotatable bonds is 3. The molecule has 0 atom stereocenters. The number of amides is 1. The molecule has 0 bridgehead atoms. The molecule has 16 heavy (non-hydrogen) atoms. The van der Waals surface area contributed by atoms with Crippen LogP contribution in [0.2, 0.25) is 0 Å². The summed E-state index contributed by atoms with van der Waals surface area (Å²) in [5.41, 5.74) is 0.341. The first-order valence-electron chi connectivity index (χ1n) is 4.96. The Labute approximate surface area is 106 Å². The summed E-state index contributed by atoms with van der Waals surface area (Å²) in [6, 6.07) is 2.62. The summed E-state index contributed by atoms with van der Waals surface area (Å²) in [5, 5.41) is 2.22. The zero-order chi connectivity index (χ0) is 11.7. The first kappa shape index (κ1) is 11.8. The maximum Gasteiger partial charge on any atom is 0.234 e. The second-order valence-corrected chi connectivity index (χ2v) is 4.58. The van der Waals surface area contributed by atoms with Crippen molar-refractivity contribution in [3.8, 4) is 0 Å². The fourth-order valence-electron chi connectivity index (χ4n) is 1.54. The van der Waals surface area contributed by atoms with Crippen LogP contribution in [0, 0.1) is 11.6 Å². The molecule has 0 unspecified atom stereocenters. The molecule has 0 saturated heterocycles. The molecule has 1 aromatic carbocycles. The zero-order valence-electron chi connectivity index (χ0n) is 8.40. The highest BCUT2D eigenvalue weighted by molar-refractivity contribution is 14.1. The van der Waals surface area contributed by atoms with Gasteiger partial charge < -0.3 is 5.32 Å². The Bertz CT molecular complexity index is 409. The van der Waals surface area contributed by atoms with E-state index >= 15 is 0 Å². The minimum atomic E-state index is -0.694. The molecule has 0 aliphatic heterocycles. The molecule has 1 aromatic rings. The molecule has 0 radical (unpaired) electrons. The van der Waals surface area contributed by atoms with Crippen molar-refractivity contribution in [1.82, 2.24) is 0 Å². The molecule has 0 aromatic heterocycles. The second kappa shape index (κ2) is 4.65. The third-order valence-electron chi connectivity index (χ3n) is 2.50. The van der Waals surface area contributed by atoms with E-state index in [2.05, 4.69) is 5.32 Å². The van der Waals surface area contributed by atoms with Gasteiger partial charge in [0.05, 0.1) is 4.43 Å². The van der Waals surface area contributed by atoms with Crippen LogP contribution < -0.4 is 5.32 Å². The number of hydrogen-bond donors (Lipinski definition) is 1. The van der Waals surface area contributed by atoms with E-state index in [0.29, 0.717) is 11.5 Å². The van der Waals surface area contributed by atoms with Gasteiger partial charge in [-0.15, -0.1) is 0 Å². The molecular formula is C11H10F2INO. The van der Waals surface area contributed by atoms with Gasteiger partial charge in [0.2, 0.25) is 5.91 Å². The number of alkyl halides is 1. The molecule has 2 nitrogen and oxygen atoms in total. The predicted octanol–water partition coefficient (Wildman–Crippen LogP) is 3.22. The SMILES string of the molecule is O=C(CI)Nc1c(F)cc(C2CC2)cc1F. The van der Waals surface area contributed by atoms with E-state index in [1.165, 1.54) is 12.1 Å². The topological polar surface area (TPSA) is 29.1 Å². The Morgan fingerprint density at radius 2 is 1.94 bits per heavy atom. The van der Waals surface area contributed by atoms with Crippen LogP contribution in [0.4, 0.5) is 14.5 Å². The molecule has 2 rings (SSSR count). The van der Waals surface area contributed by atoms with Crippen molar-refractivity contribution in [2.24, 2.45) is 0 Å². The van der Waals surface area contributed by atoms with Gasteiger partial charge in [-0.1, -0.05) is 22.6 Å². The normalized spacial score (nSPS) is 14.9. The summed E-state index contributed by atoms with van der Waals surface area (Å²) in [6.45, 7) is 0. The molecule has 1 N–H and O–H groups in total. The van der Waals surface area contributed by atoms with E-state index in [4.69, 9.17) is 0 Å². The van der Waals surface area contributed by atoms with Gasteiger partial charge in [-0.3, -0.25) is 4.79 Å². The fraction of sp³-hybridized carbons (Fsp3) is 0.364. The standard InChI is InChI=1S/C11H10F2INO/c12-8-3-7(6-1-2-6)4-9(13)11(8)15-10(16)5-14/h3-4,6H,1-2,5H2,(H,15,16). The van der Waals surface area contributed by atoms with Crippen LogP contribution in [-0.2, 0) is 4.79 Å². The van der Waals surface area contributed by atoms with Crippen LogP contribution in [0.1, 0.15) is 24.3 Å². The third kappa shape index (κ3) is 2.50. The Morgan fingerprint density at radius 3 is 2.38 bits per heavy atom. The Balaban J connectivity index is 2.27. The quantitative estimate of drug-likeness (QED) is 0.666. The maximum absolute atomic E-state index is 13.5. The average Bonchev–Trinajstić information content (AvgIpc) is 3.06. The van der Waals surface area contributed by atoms with Crippen LogP contribution in [0.5, 0.6) is 0 Å². The van der Waals surface area contributed by atoms with E-state index in [1.807, 2.05) is 22.6 Å². The summed E-state index contributed by atoms with van der Waals surface area (Å²) < 4.78 is 27.2. The van der Waals surface area contributed by atoms with Crippen LogP contribution >= 0.6 is 22.6 Å². The molecule has 1 aliphatic rings. The van der Waals surface area contributed by atoms with Crippen LogP contribution in [-0.4, -0.2) is 10.3 Å². The van der Waals surface area contributed by atoms with Crippen LogP contribution in [0.3, 0.4) is 0 Å². The first-order valence-corrected chi connectivity index (χ1v) is 6.49. The van der Waals surface area contributed by atoms with Gasteiger partial charge in [0, 0.05) is 0 Å². The Morgan fingerprint density at radius 1 is 1.38 bits per heavy atom. The average molecular weight is 337 g/mol. The highest BCUT2D eigenvalue weighted by Gasteiger charge is 2.26. The lowest BCUT2D eigenvalue weighted by molar-refractivity contribution is -0.113. The molecule has 5 heteroatoms. The highest BCUT2D eigenvalue weighted by atomic mass is 127. The number of carbonyl (C=O) groups excluding carboxylic acids is 1. The molecular weight excluding hydrogens is 327 g/mol. The fourth-order valence-corrected chi connectivity index (χ4v) is 1.73. The lowest BCUT2D eigenvalue weighted by atomic mass is 10.1. The Hall–Kier alpha value is -0.720. The first-order chi connectivity index (χ1) is 7.61. The van der Waals surface area contributed by atoms with E-state index in [1.54, 1.807) is 0 Å². The second-order valence-electron chi connectivity index (χ2n) is 3.82. The Kier molecular flexibility index (Phi) is 3.41. The summed E-state index contributed by atoms with van der Waals surface area (Å²) >= 11 is 1.83. The molecule has 0 heterocycles. The van der Waals surface area contributed by atoms with Crippen LogP contribution in [0.25, 0.3) is 0 Å². The van der Waals surface area contributed by atoms with Gasteiger partial charge in [0.25, 0.3) is 0 Å². The van der Waals surface area contributed by atoms with Gasteiger partial charge in [-0.25, -0.2) is 8.78 Å². The molecule has 1 aliphatic carbocycles. The number of benzene rings is 1. The number of hydrogen-bond acceptors (Lipinski definition) is 1. The van der Waals surface area contributed by atoms with Crippen molar-refractivity contribution >= 4 is 34.2 Å². The minimum absolute atomic E-state index is 0.168. The lowest BCUT2D eigenvalue weighted by Crippen LogP contribution is -2.15. The van der Waals surface area contributed by atoms with Crippen molar-refractivity contribution in [2.75, 3.05) is 9.74 Å². The van der Waals surface area contributed by atoms with E-state index in [0.717, 1.165) is 12.8 Å². The van der Waals surface area contributed by atoms with E-state index in [9.17, 15) is 13.6 Å². The number of nitrogens with one attached hydrogen (secondary N) is 1. The van der Waals surface area contributed by atoms with Gasteiger partial charge >= 0.3 is 0 Å². The monoisotopic (exact) mass is 337 g/mol. The van der Waals surface area contributed by atoms with Crippen molar-refractivity contribution in [1.29, 1.82) is 0 Å². The molecule has 1 saturated carbocycles. The third-order valence-corrected chi connectivity index (χ3v) is 3.19. The number of halogens is 3. The predicted molar refractivity (Wildman–Crippen MR) is 65.8 cm³/mol. The molecule has 86 valence electrons. The maximum atomic E-state index is 13.5. The lowest BCUT2D eigenvalue weighted by Gasteiger charge is -2.08. The number of anilines is 1. The largest absolute Gasteiger partial charge is 0.321 e. The van der Waals surface area contributed by atoms with Gasteiger partial charge in [0.1, 0.15) is 17.3 Å². The van der Waals surface area contributed by atoms with Gasteiger partial charge in [-0.2, -0.15) is 0 Å². The van der Waals surface area contributed by atoms with Crippen molar-refractivity contribution in [2.45, 2.75) is 18.8 Å². The minimum Gasteiger partial charge on any atom is -0.321 e. The van der Waals surface area contributed by atoms with Crippen molar-refractivity contribution in [3.63, 3.8) is 0 Å². The number of carbonyl (C=O) groups is 1.